The molecule has 1 atom stereocenters. The first-order valence-corrected chi connectivity index (χ1v) is 6.36. The lowest BCUT2D eigenvalue weighted by atomic mass is 9.98. The van der Waals surface area contributed by atoms with Crippen molar-refractivity contribution in [3.63, 3.8) is 0 Å². The van der Waals surface area contributed by atoms with Gasteiger partial charge in [0.05, 0.1) is 13.2 Å². The minimum atomic E-state index is -0.803. The summed E-state index contributed by atoms with van der Waals surface area (Å²) in [5.41, 5.74) is 6.70. The Morgan fingerprint density at radius 2 is 1.84 bits per heavy atom. The van der Waals surface area contributed by atoms with Gasteiger partial charge in [-0.15, -0.1) is 0 Å². The minimum absolute atomic E-state index is 0.276. The lowest BCUT2D eigenvalue weighted by molar-refractivity contribution is 0.406. The molecule has 0 amide bonds. The molecule has 2 nitrogen and oxygen atoms in total. The summed E-state index contributed by atoms with van der Waals surface area (Å²) in [4.78, 5) is 0. The molecule has 19 heavy (non-hydrogen) atoms. The van der Waals surface area contributed by atoms with E-state index in [4.69, 9.17) is 10.5 Å². The normalized spacial score (nSPS) is 12.3. The molecular formula is C14H12BrF2NO. The van der Waals surface area contributed by atoms with Crippen molar-refractivity contribution in [2.24, 2.45) is 5.73 Å². The molecule has 0 heterocycles. The van der Waals surface area contributed by atoms with Crippen LogP contribution in [0.25, 0.3) is 0 Å². The SMILES string of the molecule is COc1ccc(F)cc1C(N)c1cc(Br)ccc1F. The van der Waals surface area contributed by atoms with Crippen molar-refractivity contribution < 1.29 is 13.5 Å². The Morgan fingerprint density at radius 1 is 1.11 bits per heavy atom. The van der Waals surface area contributed by atoms with Gasteiger partial charge in [0.1, 0.15) is 17.4 Å². The summed E-state index contributed by atoms with van der Waals surface area (Å²) in [6.07, 6.45) is 0. The van der Waals surface area contributed by atoms with Crippen LogP contribution in [0.5, 0.6) is 5.75 Å². The molecule has 0 fully saturated rings. The van der Waals surface area contributed by atoms with Crippen LogP contribution in [0.2, 0.25) is 0 Å². The molecule has 2 rings (SSSR count). The van der Waals surface area contributed by atoms with E-state index in [-0.39, 0.29) is 5.56 Å². The number of hydrogen-bond acceptors (Lipinski definition) is 2. The molecule has 2 N–H and O–H groups in total. The fourth-order valence-corrected chi connectivity index (χ4v) is 2.25. The Morgan fingerprint density at radius 3 is 2.53 bits per heavy atom. The monoisotopic (exact) mass is 327 g/mol. The average molecular weight is 328 g/mol. The lowest BCUT2D eigenvalue weighted by Gasteiger charge is -2.17. The molecule has 0 aromatic heterocycles. The van der Waals surface area contributed by atoms with Crippen LogP contribution < -0.4 is 10.5 Å². The number of benzene rings is 2. The maximum absolute atomic E-state index is 13.8. The standard InChI is InChI=1S/C14H12BrF2NO/c1-19-13-5-3-9(16)7-11(13)14(18)10-6-8(15)2-4-12(10)17/h2-7,14H,18H2,1H3. The van der Waals surface area contributed by atoms with E-state index in [1.165, 1.54) is 31.4 Å². The Kier molecular flexibility index (Phi) is 4.17. The van der Waals surface area contributed by atoms with Gasteiger partial charge in [0, 0.05) is 15.6 Å². The predicted octanol–water partition coefficient (Wildman–Crippen LogP) is 3.78. The summed E-state index contributed by atoms with van der Waals surface area (Å²) in [6, 6.07) is 7.66. The van der Waals surface area contributed by atoms with Crippen molar-refractivity contribution in [3.8, 4) is 5.75 Å². The molecule has 0 aliphatic heterocycles. The van der Waals surface area contributed by atoms with Gasteiger partial charge < -0.3 is 10.5 Å². The van der Waals surface area contributed by atoms with Crippen LogP contribution in [0, 0.1) is 11.6 Å². The summed E-state index contributed by atoms with van der Waals surface area (Å²) in [5.74, 6) is -0.461. The van der Waals surface area contributed by atoms with Gasteiger partial charge in [0.25, 0.3) is 0 Å². The first-order chi connectivity index (χ1) is 9.02. The molecule has 0 radical (unpaired) electrons. The van der Waals surface area contributed by atoms with Gasteiger partial charge in [0.2, 0.25) is 0 Å². The topological polar surface area (TPSA) is 35.2 Å². The summed E-state index contributed by atoms with van der Waals surface area (Å²) in [5, 5.41) is 0. The van der Waals surface area contributed by atoms with Crippen LogP contribution in [-0.2, 0) is 0 Å². The fourth-order valence-electron chi connectivity index (χ4n) is 1.87. The molecule has 5 heteroatoms. The molecule has 100 valence electrons. The number of hydrogen-bond donors (Lipinski definition) is 1. The van der Waals surface area contributed by atoms with Crippen LogP contribution in [0.15, 0.2) is 40.9 Å². The summed E-state index contributed by atoms with van der Waals surface area (Å²) in [7, 11) is 1.46. The third-order valence-electron chi connectivity index (χ3n) is 2.82. The van der Waals surface area contributed by atoms with E-state index in [1.807, 2.05) is 0 Å². The highest BCUT2D eigenvalue weighted by atomic mass is 79.9. The largest absolute Gasteiger partial charge is 0.496 e. The third kappa shape index (κ3) is 2.93. The van der Waals surface area contributed by atoms with E-state index in [0.717, 1.165) is 0 Å². The van der Waals surface area contributed by atoms with Crippen LogP contribution in [0.3, 0.4) is 0 Å². The smallest absolute Gasteiger partial charge is 0.128 e. The van der Waals surface area contributed by atoms with Gasteiger partial charge in [-0.25, -0.2) is 8.78 Å². The van der Waals surface area contributed by atoms with Gasteiger partial charge in [-0.3, -0.25) is 0 Å². The van der Waals surface area contributed by atoms with Crippen molar-refractivity contribution in [1.29, 1.82) is 0 Å². The van der Waals surface area contributed by atoms with E-state index >= 15 is 0 Å². The fraction of sp³-hybridized carbons (Fsp3) is 0.143. The summed E-state index contributed by atoms with van der Waals surface area (Å²) >= 11 is 3.26. The van der Waals surface area contributed by atoms with Crippen molar-refractivity contribution in [3.05, 3.63) is 63.6 Å². The second-order valence-corrected chi connectivity index (χ2v) is 4.95. The molecule has 0 bridgehead atoms. The van der Waals surface area contributed by atoms with Crippen molar-refractivity contribution in [2.45, 2.75) is 6.04 Å². The third-order valence-corrected chi connectivity index (χ3v) is 3.31. The minimum Gasteiger partial charge on any atom is -0.496 e. The van der Waals surface area contributed by atoms with Gasteiger partial charge >= 0.3 is 0 Å². The molecule has 0 aliphatic carbocycles. The van der Waals surface area contributed by atoms with Gasteiger partial charge in [-0.2, -0.15) is 0 Å². The van der Waals surface area contributed by atoms with Crippen LogP contribution in [0.1, 0.15) is 17.2 Å². The molecule has 0 aliphatic rings. The number of halogens is 3. The van der Waals surface area contributed by atoms with E-state index < -0.39 is 17.7 Å². The zero-order valence-corrected chi connectivity index (χ0v) is 11.7. The maximum atomic E-state index is 13.8. The Hall–Kier alpha value is -1.46. The Bertz CT molecular complexity index is 604. The quantitative estimate of drug-likeness (QED) is 0.931. The molecule has 2 aromatic rings. The van der Waals surface area contributed by atoms with Crippen molar-refractivity contribution in [1.82, 2.24) is 0 Å². The van der Waals surface area contributed by atoms with E-state index in [0.29, 0.717) is 15.8 Å². The van der Waals surface area contributed by atoms with Crippen molar-refractivity contribution >= 4 is 15.9 Å². The number of ether oxygens (including phenoxy) is 1. The van der Waals surface area contributed by atoms with E-state index in [1.54, 1.807) is 12.1 Å². The second kappa shape index (κ2) is 5.67. The molecule has 0 saturated heterocycles. The number of nitrogens with two attached hydrogens (primary N) is 1. The first-order valence-electron chi connectivity index (χ1n) is 5.57. The van der Waals surface area contributed by atoms with Gasteiger partial charge in [-0.1, -0.05) is 15.9 Å². The van der Waals surface area contributed by atoms with Crippen LogP contribution in [0.4, 0.5) is 8.78 Å². The zero-order valence-electron chi connectivity index (χ0n) is 10.2. The summed E-state index contributed by atoms with van der Waals surface area (Å²) in [6.45, 7) is 0. The first kappa shape index (κ1) is 14.0. The molecule has 0 saturated carbocycles. The predicted molar refractivity (Wildman–Crippen MR) is 73.1 cm³/mol. The van der Waals surface area contributed by atoms with Gasteiger partial charge in [-0.05, 0) is 36.4 Å². The highest BCUT2D eigenvalue weighted by Gasteiger charge is 2.18. The molecule has 1 unspecified atom stereocenters. The van der Waals surface area contributed by atoms with Gasteiger partial charge in [0.15, 0.2) is 0 Å². The average Bonchev–Trinajstić information content (AvgIpc) is 2.40. The van der Waals surface area contributed by atoms with Crippen LogP contribution in [-0.4, -0.2) is 7.11 Å². The van der Waals surface area contributed by atoms with Crippen molar-refractivity contribution in [2.75, 3.05) is 7.11 Å². The molecule has 2 aromatic carbocycles. The van der Waals surface area contributed by atoms with Crippen LogP contribution >= 0.6 is 15.9 Å². The molecular weight excluding hydrogens is 316 g/mol. The Labute approximate surface area is 118 Å². The second-order valence-electron chi connectivity index (χ2n) is 4.03. The van der Waals surface area contributed by atoms with E-state index in [9.17, 15) is 8.78 Å². The number of methoxy groups -OCH3 is 1. The lowest BCUT2D eigenvalue weighted by Crippen LogP contribution is -2.15. The number of rotatable bonds is 3. The Balaban J connectivity index is 2.51. The van der Waals surface area contributed by atoms with E-state index in [2.05, 4.69) is 15.9 Å². The molecule has 0 spiro atoms. The zero-order chi connectivity index (χ0) is 14.0. The highest BCUT2D eigenvalue weighted by Crippen LogP contribution is 2.31. The summed E-state index contributed by atoms with van der Waals surface area (Å²) < 4.78 is 33.0. The maximum Gasteiger partial charge on any atom is 0.128 e. The highest BCUT2D eigenvalue weighted by molar-refractivity contribution is 9.10.